The molecule has 1 heterocycles. The van der Waals surface area contributed by atoms with Gasteiger partial charge in [0.05, 0.1) is 22.5 Å². The van der Waals surface area contributed by atoms with Gasteiger partial charge in [0.2, 0.25) is 0 Å². The molecule has 1 N–H and O–H groups in total. The summed E-state index contributed by atoms with van der Waals surface area (Å²) in [4.78, 5) is 0.103. The zero-order valence-corrected chi connectivity index (χ0v) is 16.8. The van der Waals surface area contributed by atoms with Crippen LogP contribution in [0.15, 0.2) is 64.1 Å². The molecule has 0 saturated carbocycles. The molecule has 3 aromatic rings. The van der Waals surface area contributed by atoms with Gasteiger partial charge in [-0.2, -0.15) is 5.10 Å². The first-order valence-corrected chi connectivity index (χ1v) is 10.4. The third-order valence-electron chi connectivity index (χ3n) is 3.65. The summed E-state index contributed by atoms with van der Waals surface area (Å²) in [5, 5.41) is 4.25. The molecule has 0 atom stereocenters. The maximum atomic E-state index is 13.0. The van der Waals surface area contributed by atoms with Crippen molar-refractivity contribution in [2.45, 2.75) is 18.4 Å². The maximum absolute atomic E-state index is 13.0. The molecule has 0 amide bonds. The summed E-state index contributed by atoms with van der Waals surface area (Å²) in [6.07, 6.45) is 1.65. The molecule has 27 heavy (non-hydrogen) atoms. The Hall–Kier alpha value is -2.39. The lowest BCUT2D eigenvalue weighted by atomic mass is 10.2. The summed E-state index contributed by atoms with van der Waals surface area (Å²) in [7, 11) is -3.79. The summed E-state index contributed by atoms with van der Waals surface area (Å²) >= 11 is 3.31. The number of ether oxygens (including phenoxy) is 1. The van der Waals surface area contributed by atoms with Gasteiger partial charge in [-0.15, -0.1) is 0 Å². The Balaban J connectivity index is 1.76. The van der Waals surface area contributed by atoms with Gasteiger partial charge in [0.15, 0.2) is 5.82 Å². The van der Waals surface area contributed by atoms with Gasteiger partial charge in [-0.05, 0) is 64.8 Å². The molecule has 0 aliphatic heterocycles. The highest BCUT2D eigenvalue weighted by Gasteiger charge is 2.18. The summed E-state index contributed by atoms with van der Waals surface area (Å²) in [5.74, 6) is 0.455. The van der Waals surface area contributed by atoms with Gasteiger partial charge in [0, 0.05) is 6.20 Å². The Kier molecular flexibility index (Phi) is 5.81. The Labute approximate surface area is 165 Å². The van der Waals surface area contributed by atoms with E-state index in [0.29, 0.717) is 23.4 Å². The van der Waals surface area contributed by atoms with Crippen molar-refractivity contribution in [2.75, 3.05) is 11.3 Å². The summed E-state index contributed by atoms with van der Waals surface area (Å²) in [6.45, 7) is 2.73. The number of rotatable bonds is 7. The van der Waals surface area contributed by atoms with Crippen LogP contribution in [0.4, 0.5) is 10.2 Å². The Bertz CT molecular complexity index is 1020. The number of nitrogens with zero attached hydrogens (tertiary/aromatic N) is 2. The SMILES string of the molecule is CCOc1ccc(S(=O)(=O)Nc2nn(Cc3ccc(F)cc3)cc2Br)cc1. The van der Waals surface area contributed by atoms with Gasteiger partial charge in [-0.1, -0.05) is 12.1 Å². The Morgan fingerprint density at radius 1 is 1.15 bits per heavy atom. The van der Waals surface area contributed by atoms with Gasteiger partial charge in [-0.25, -0.2) is 12.8 Å². The molecule has 2 aromatic carbocycles. The molecular weight excluding hydrogens is 437 g/mol. The van der Waals surface area contributed by atoms with E-state index in [0.717, 1.165) is 5.56 Å². The van der Waals surface area contributed by atoms with Gasteiger partial charge in [0.1, 0.15) is 11.6 Å². The van der Waals surface area contributed by atoms with Crippen molar-refractivity contribution in [3.8, 4) is 5.75 Å². The van der Waals surface area contributed by atoms with E-state index in [2.05, 4.69) is 25.8 Å². The fourth-order valence-corrected chi connectivity index (χ4v) is 3.96. The summed E-state index contributed by atoms with van der Waals surface area (Å²) < 4.78 is 48.0. The quantitative estimate of drug-likeness (QED) is 0.585. The molecule has 6 nitrogen and oxygen atoms in total. The average molecular weight is 454 g/mol. The highest BCUT2D eigenvalue weighted by atomic mass is 79.9. The van der Waals surface area contributed by atoms with Crippen LogP contribution in [0.1, 0.15) is 12.5 Å². The van der Waals surface area contributed by atoms with E-state index in [-0.39, 0.29) is 16.5 Å². The highest BCUT2D eigenvalue weighted by Crippen LogP contribution is 2.25. The molecule has 0 fully saturated rings. The molecule has 3 rings (SSSR count). The van der Waals surface area contributed by atoms with E-state index < -0.39 is 10.0 Å². The van der Waals surface area contributed by atoms with Gasteiger partial charge in [0.25, 0.3) is 10.0 Å². The fourth-order valence-electron chi connectivity index (χ4n) is 2.39. The van der Waals surface area contributed by atoms with E-state index in [1.165, 1.54) is 24.3 Å². The van der Waals surface area contributed by atoms with E-state index in [9.17, 15) is 12.8 Å². The van der Waals surface area contributed by atoms with E-state index >= 15 is 0 Å². The van der Waals surface area contributed by atoms with Crippen LogP contribution in [0.3, 0.4) is 0 Å². The van der Waals surface area contributed by atoms with E-state index in [1.807, 2.05) is 6.92 Å². The van der Waals surface area contributed by atoms with Gasteiger partial charge in [-0.3, -0.25) is 9.40 Å². The zero-order valence-electron chi connectivity index (χ0n) is 14.4. The molecule has 0 aliphatic carbocycles. The first kappa shape index (κ1) is 19.4. The first-order chi connectivity index (χ1) is 12.9. The minimum absolute atomic E-state index is 0.103. The number of halogens is 2. The van der Waals surface area contributed by atoms with Crippen LogP contribution in [-0.4, -0.2) is 24.8 Å². The van der Waals surface area contributed by atoms with Crippen molar-refractivity contribution < 1.29 is 17.5 Å². The second kappa shape index (κ2) is 8.10. The molecule has 0 bridgehead atoms. The minimum atomic E-state index is -3.79. The predicted octanol–water partition coefficient (Wildman–Crippen LogP) is 4.03. The third kappa shape index (κ3) is 4.86. The molecule has 0 radical (unpaired) electrons. The van der Waals surface area contributed by atoms with Crippen LogP contribution >= 0.6 is 15.9 Å². The van der Waals surface area contributed by atoms with E-state index in [4.69, 9.17) is 4.74 Å². The van der Waals surface area contributed by atoms with Crippen LogP contribution in [0.5, 0.6) is 5.75 Å². The van der Waals surface area contributed by atoms with Crippen LogP contribution in [0.2, 0.25) is 0 Å². The lowest BCUT2D eigenvalue weighted by Gasteiger charge is -2.08. The van der Waals surface area contributed by atoms with Crippen molar-refractivity contribution in [2.24, 2.45) is 0 Å². The Morgan fingerprint density at radius 2 is 1.81 bits per heavy atom. The second-order valence-corrected chi connectivity index (χ2v) is 8.20. The topological polar surface area (TPSA) is 73.2 Å². The number of benzene rings is 2. The molecule has 0 aliphatic rings. The second-order valence-electron chi connectivity index (χ2n) is 5.66. The lowest BCUT2D eigenvalue weighted by molar-refractivity contribution is 0.340. The molecule has 0 spiro atoms. The normalized spacial score (nSPS) is 11.4. The molecule has 0 saturated heterocycles. The van der Waals surface area contributed by atoms with Gasteiger partial charge >= 0.3 is 0 Å². The van der Waals surface area contributed by atoms with Crippen molar-refractivity contribution in [3.05, 3.63) is 70.6 Å². The number of hydrogen-bond acceptors (Lipinski definition) is 4. The number of anilines is 1. The molecule has 142 valence electrons. The van der Waals surface area contributed by atoms with Crippen molar-refractivity contribution in [3.63, 3.8) is 0 Å². The lowest BCUT2D eigenvalue weighted by Crippen LogP contribution is -2.14. The minimum Gasteiger partial charge on any atom is -0.494 e. The number of hydrogen-bond donors (Lipinski definition) is 1. The summed E-state index contributed by atoms with van der Waals surface area (Å²) in [6, 6.07) is 12.2. The predicted molar refractivity (Wildman–Crippen MR) is 104 cm³/mol. The molecule has 0 unspecified atom stereocenters. The Morgan fingerprint density at radius 3 is 2.44 bits per heavy atom. The van der Waals surface area contributed by atoms with Crippen molar-refractivity contribution >= 4 is 31.8 Å². The van der Waals surface area contributed by atoms with Crippen molar-refractivity contribution in [1.82, 2.24) is 9.78 Å². The maximum Gasteiger partial charge on any atom is 0.263 e. The highest BCUT2D eigenvalue weighted by molar-refractivity contribution is 9.10. The third-order valence-corrected chi connectivity index (χ3v) is 5.59. The van der Waals surface area contributed by atoms with Crippen LogP contribution in [0, 0.1) is 5.82 Å². The first-order valence-electron chi connectivity index (χ1n) is 8.10. The van der Waals surface area contributed by atoms with Gasteiger partial charge < -0.3 is 4.74 Å². The molecule has 9 heteroatoms. The van der Waals surface area contributed by atoms with Crippen LogP contribution in [0.25, 0.3) is 0 Å². The smallest absolute Gasteiger partial charge is 0.263 e. The standard InChI is InChI=1S/C18H17BrFN3O3S/c1-2-26-15-7-9-16(10-8-15)27(24,25)22-18-17(19)12-23(21-18)11-13-3-5-14(20)6-4-13/h3-10,12H,2,11H2,1H3,(H,21,22). The number of sulfonamides is 1. The zero-order chi connectivity index (χ0) is 19.4. The van der Waals surface area contributed by atoms with Crippen LogP contribution in [-0.2, 0) is 16.6 Å². The number of nitrogens with one attached hydrogen (secondary N) is 1. The number of aromatic nitrogens is 2. The molecular formula is C18H17BrFN3O3S. The monoisotopic (exact) mass is 453 g/mol. The van der Waals surface area contributed by atoms with E-state index in [1.54, 1.807) is 35.1 Å². The fraction of sp³-hybridized carbons (Fsp3) is 0.167. The molecule has 1 aromatic heterocycles. The van der Waals surface area contributed by atoms with Crippen LogP contribution < -0.4 is 9.46 Å². The van der Waals surface area contributed by atoms with Crippen molar-refractivity contribution in [1.29, 1.82) is 0 Å². The average Bonchev–Trinajstić information content (AvgIpc) is 2.96. The largest absolute Gasteiger partial charge is 0.494 e. The summed E-state index contributed by atoms with van der Waals surface area (Å²) in [5.41, 5.74) is 0.840.